The first-order chi connectivity index (χ1) is 11.6. The Morgan fingerprint density at radius 1 is 1.20 bits per heavy atom. The predicted molar refractivity (Wildman–Crippen MR) is 88.2 cm³/mol. The summed E-state index contributed by atoms with van der Waals surface area (Å²) in [6, 6.07) is 3.07. The smallest absolute Gasteiger partial charge is 0.336 e. The molecular weight excluding hydrogens is 332 g/mol. The summed E-state index contributed by atoms with van der Waals surface area (Å²) in [6.45, 7) is 3.70. The van der Waals surface area contributed by atoms with E-state index in [0.717, 1.165) is 0 Å². The van der Waals surface area contributed by atoms with Gasteiger partial charge in [0.2, 0.25) is 5.91 Å². The SMILES string of the molecule is Cc1cc(C)c(C(=O)O)cc1NC(=O)Cc1c(C)nn(C(F)F)c1C. The summed E-state index contributed by atoms with van der Waals surface area (Å²) in [7, 11) is 0. The molecule has 1 aromatic heterocycles. The number of halogens is 2. The number of carboxylic acid groups (broad SMARTS) is 1. The molecule has 0 spiro atoms. The van der Waals surface area contributed by atoms with Crippen LogP contribution in [0.3, 0.4) is 0 Å². The number of hydrogen-bond acceptors (Lipinski definition) is 3. The maximum absolute atomic E-state index is 12.9. The van der Waals surface area contributed by atoms with Crippen molar-refractivity contribution in [1.29, 1.82) is 0 Å². The summed E-state index contributed by atoms with van der Waals surface area (Å²) in [6.07, 6.45) is -0.125. The van der Waals surface area contributed by atoms with Crippen LogP contribution in [0.2, 0.25) is 0 Å². The van der Waals surface area contributed by atoms with Crippen molar-refractivity contribution in [2.45, 2.75) is 40.7 Å². The van der Waals surface area contributed by atoms with Crippen molar-refractivity contribution in [3.05, 3.63) is 45.8 Å². The highest BCUT2D eigenvalue weighted by Crippen LogP contribution is 2.23. The number of carbonyl (C=O) groups is 2. The molecule has 6 nitrogen and oxygen atoms in total. The highest BCUT2D eigenvalue weighted by atomic mass is 19.3. The third-order valence-corrected chi connectivity index (χ3v) is 4.07. The second-order valence-corrected chi connectivity index (χ2v) is 5.88. The molecule has 8 heteroatoms. The summed E-state index contributed by atoms with van der Waals surface area (Å²) in [5.74, 6) is -1.51. The number of benzene rings is 1. The largest absolute Gasteiger partial charge is 0.478 e. The van der Waals surface area contributed by atoms with Crippen molar-refractivity contribution in [1.82, 2.24) is 9.78 Å². The summed E-state index contributed by atoms with van der Waals surface area (Å²) in [5, 5.41) is 15.6. The normalized spacial score (nSPS) is 11.0. The van der Waals surface area contributed by atoms with Crippen LogP contribution in [-0.4, -0.2) is 26.8 Å². The van der Waals surface area contributed by atoms with Crippen LogP contribution in [0.4, 0.5) is 14.5 Å². The third kappa shape index (κ3) is 3.84. The summed E-state index contributed by atoms with van der Waals surface area (Å²) >= 11 is 0. The molecule has 0 aliphatic rings. The van der Waals surface area contributed by atoms with E-state index in [0.29, 0.717) is 32.8 Å². The standard InChI is InChI=1S/C17H19F2N3O3/c1-8-5-9(2)14(6-12(8)16(24)25)20-15(23)7-13-10(3)21-22(11(13)4)17(18)19/h5-6,17H,7H2,1-4H3,(H,20,23)(H,24,25). The van der Waals surface area contributed by atoms with Gasteiger partial charge in [0.15, 0.2) is 0 Å². The van der Waals surface area contributed by atoms with Crippen LogP contribution < -0.4 is 5.32 Å². The number of carboxylic acids is 1. The van der Waals surface area contributed by atoms with Gasteiger partial charge in [-0.05, 0) is 44.9 Å². The van der Waals surface area contributed by atoms with E-state index in [1.54, 1.807) is 26.8 Å². The lowest BCUT2D eigenvalue weighted by atomic mass is 10.0. The predicted octanol–water partition coefficient (Wildman–Crippen LogP) is 3.39. The Hall–Kier alpha value is -2.77. The van der Waals surface area contributed by atoms with Crippen molar-refractivity contribution in [2.75, 3.05) is 5.32 Å². The quantitative estimate of drug-likeness (QED) is 0.865. The zero-order valence-electron chi connectivity index (χ0n) is 14.4. The maximum Gasteiger partial charge on any atom is 0.336 e. The van der Waals surface area contributed by atoms with Gasteiger partial charge in [0.1, 0.15) is 0 Å². The number of anilines is 1. The van der Waals surface area contributed by atoms with Crippen molar-refractivity contribution < 1.29 is 23.5 Å². The summed E-state index contributed by atoms with van der Waals surface area (Å²) < 4.78 is 26.3. The highest BCUT2D eigenvalue weighted by molar-refractivity contribution is 5.96. The molecule has 0 aliphatic heterocycles. The highest BCUT2D eigenvalue weighted by Gasteiger charge is 2.20. The number of nitrogens with one attached hydrogen (secondary N) is 1. The number of nitrogens with zero attached hydrogens (tertiary/aromatic N) is 2. The van der Waals surface area contributed by atoms with E-state index >= 15 is 0 Å². The van der Waals surface area contributed by atoms with Gasteiger partial charge in [0.05, 0.1) is 17.7 Å². The van der Waals surface area contributed by atoms with Gasteiger partial charge in [-0.3, -0.25) is 4.79 Å². The molecule has 25 heavy (non-hydrogen) atoms. The van der Waals surface area contributed by atoms with Crippen molar-refractivity contribution in [3.8, 4) is 0 Å². The summed E-state index contributed by atoms with van der Waals surface area (Å²) in [4.78, 5) is 23.5. The van der Waals surface area contributed by atoms with Crippen LogP contribution in [0.15, 0.2) is 12.1 Å². The van der Waals surface area contributed by atoms with Crippen LogP contribution in [0.5, 0.6) is 0 Å². The maximum atomic E-state index is 12.9. The molecule has 0 aliphatic carbocycles. The van der Waals surface area contributed by atoms with E-state index in [4.69, 9.17) is 0 Å². The molecule has 134 valence electrons. The van der Waals surface area contributed by atoms with Gasteiger partial charge < -0.3 is 10.4 Å². The van der Waals surface area contributed by atoms with Gasteiger partial charge >= 0.3 is 12.5 Å². The molecule has 0 atom stereocenters. The Bertz CT molecular complexity index is 844. The van der Waals surface area contributed by atoms with Crippen LogP contribution in [-0.2, 0) is 11.2 Å². The van der Waals surface area contributed by atoms with E-state index in [1.807, 2.05) is 0 Å². The first-order valence-corrected chi connectivity index (χ1v) is 7.59. The number of alkyl halides is 2. The average molecular weight is 351 g/mol. The lowest BCUT2D eigenvalue weighted by molar-refractivity contribution is -0.115. The van der Waals surface area contributed by atoms with Gasteiger partial charge in [-0.25, -0.2) is 9.48 Å². The van der Waals surface area contributed by atoms with Crippen LogP contribution in [0, 0.1) is 27.7 Å². The van der Waals surface area contributed by atoms with E-state index in [9.17, 15) is 23.5 Å². The summed E-state index contributed by atoms with van der Waals surface area (Å²) in [5.41, 5.74) is 2.80. The van der Waals surface area contributed by atoms with Gasteiger partial charge in [0.25, 0.3) is 0 Å². The lowest BCUT2D eigenvalue weighted by Gasteiger charge is -2.12. The Kier molecular flexibility index (Phi) is 5.20. The average Bonchev–Trinajstić information content (AvgIpc) is 2.78. The first-order valence-electron chi connectivity index (χ1n) is 7.59. The van der Waals surface area contributed by atoms with E-state index < -0.39 is 18.4 Å². The minimum atomic E-state index is -2.77. The van der Waals surface area contributed by atoms with E-state index in [-0.39, 0.29) is 17.7 Å². The second kappa shape index (κ2) is 7.00. The molecule has 2 N–H and O–H groups in total. The molecule has 2 aromatic rings. The lowest BCUT2D eigenvalue weighted by Crippen LogP contribution is -2.17. The second-order valence-electron chi connectivity index (χ2n) is 5.88. The molecule has 1 heterocycles. The Morgan fingerprint density at radius 2 is 1.84 bits per heavy atom. The number of carbonyl (C=O) groups excluding carboxylic acids is 1. The number of hydrogen-bond donors (Lipinski definition) is 2. The van der Waals surface area contributed by atoms with E-state index in [1.165, 1.54) is 13.0 Å². The van der Waals surface area contributed by atoms with Gasteiger partial charge in [-0.1, -0.05) is 6.07 Å². The third-order valence-electron chi connectivity index (χ3n) is 4.07. The Balaban J connectivity index is 2.24. The molecule has 1 amide bonds. The number of aromatic nitrogens is 2. The van der Waals surface area contributed by atoms with E-state index in [2.05, 4.69) is 10.4 Å². The minimum absolute atomic E-state index is 0.0961. The molecule has 0 bridgehead atoms. The number of aryl methyl sites for hydroxylation is 3. The first kappa shape index (κ1) is 18.6. The molecule has 2 rings (SSSR count). The molecule has 0 saturated heterocycles. The Morgan fingerprint density at radius 3 is 2.36 bits per heavy atom. The van der Waals surface area contributed by atoms with Crippen LogP contribution >= 0.6 is 0 Å². The molecule has 1 aromatic carbocycles. The molecule has 0 unspecified atom stereocenters. The molecule has 0 saturated carbocycles. The van der Waals surface area contributed by atoms with Crippen molar-refractivity contribution >= 4 is 17.6 Å². The molecule has 0 radical (unpaired) electrons. The monoisotopic (exact) mass is 351 g/mol. The fraction of sp³-hybridized carbons (Fsp3) is 0.353. The molecular formula is C17H19F2N3O3. The number of rotatable bonds is 5. The van der Waals surface area contributed by atoms with Crippen molar-refractivity contribution in [3.63, 3.8) is 0 Å². The van der Waals surface area contributed by atoms with Gasteiger partial charge in [0, 0.05) is 16.9 Å². The van der Waals surface area contributed by atoms with Crippen molar-refractivity contribution in [2.24, 2.45) is 0 Å². The topological polar surface area (TPSA) is 84.2 Å². The zero-order chi connectivity index (χ0) is 18.9. The van der Waals surface area contributed by atoms with Gasteiger partial charge in [-0.2, -0.15) is 13.9 Å². The van der Waals surface area contributed by atoms with Crippen LogP contribution in [0.25, 0.3) is 0 Å². The fourth-order valence-electron chi connectivity index (χ4n) is 2.72. The fourth-order valence-corrected chi connectivity index (χ4v) is 2.72. The molecule has 0 fully saturated rings. The minimum Gasteiger partial charge on any atom is -0.478 e. The Labute approximate surface area is 143 Å². The zero-order valence-corrected chi connectivity index (χ0v) is 14.4. The van der Waals surface area contributed by atoms with Gasteiger partial charge in [-0.15, -0.1) is 0 Å². The number of amides is 1. The number of aromatic carboxylic acids is 1. The van der Waals surface area contributed by atoms with Crippen LogP contribution in [0.1, 0.15) is 45.0 Å².